The predicted molar refractivity (Wildman–Crippen MR) is 87.5 cm³/mol. The molecular weight excluding hydrogens is 298 g/mol. The van der Waals surface area contributed by atoms with Crippen molar-refractivity contribution in [3.05, 3.63) is 48.3 Å². The van der Waals surface area contributed by atoms with Gasteiger partial charge >= 0.3 is 0 Å². The second-order valence-electron chi connectivity index (χ2n) is 4.69. The van der Waals surface area contributed by atoms with Gasteiger partial charge in [0.25, 0.3) is 0 Å². The normalized spacial score (nSPS) is 16.6. The van der Waals surface area contributed by atoms with Crippen LogP contribution in [-0.4, -0.2) is 31.1 Å². The minimum Gasteiger partial charge on any atom is -0.314 e. The van der Waals surface area contributed by atoms with E-state index in [1.807, 2.05) is 18.2 Å². The number of rotatable bonds is 5. The first kappa shape index (κ1) is 19.4. The molecule has 2 nitrogen and oxygen atoms in total. The number of hydrogen-bond acceptors (Lipinski definition) is 2. The standard InChI is InChI=1S/C15H21FN2.2ClH/c1-2-3-8-15(18-11-9-17-10-12-18)13-6-4-5-7-14(13)16;;/h2,4-7,15,17H,1,3,8-12H2;2*1H/t15-;;/m1../s1. The smallest absolute Gasteiger partial charge is 0.127 e. The first-order valence-corrected chi connectivity index (χ1v) is 6.63. The molecule has 0 bridgehead atoms. The van der Waals surface area contributed by atoms with Crippen molar-refractivity contribution >= 4 is 24.8 Å². The van der Waals surface area contributed by atoms with E-state index < -0.39 is 0 Å². The van der Waals surface area contributed by atoms with Crippen LogP contribution >= 0.6 is 24.8 Å². The van der Waals surface area contributed by atoms with E-state index in [1.165, 1.54) is 0 Å². The van der Waals surface area contributed by atoms with Gasteiger partial charge in [-0.15, -0.1) is 31.4 Å². The fourth-order valence-electron chi connectivity index (χ4n) is 2.55. The van der Waals surface area contributed by atoms with E-state index in [0.29, 0.717) is 0 Å². The third-order valence-electron chi connectivity index (χ3n) is 3.50. The second kappa shape index (κ2) is 10.2. The van der Waals surface area contributed by atoms with E-state index in [0.717, 1.165) is 44.6 Å². The summed E-state index contributed by atoms with van der Waals surface area (Å²) in [5, 5.41) is 3.34. The van der Waals surface area contributed by atoms with Crippen LogP contribution in [0.25, 0.3) is 0 Å². The largest absolute Gasteiger partial charge is 0.314 e. The molecule has 0 amide bonds. The monoisotopic (exact) mass is 320 g/mol. The summed E-state index contributed by atoms with van der Waals surface area (Å²) < 4.78 is 14.0. The van der Waals surface area contributed by atoms with Crippen molar-refractivity contribution in [3.63, 3.8) is 0 Å². The highest BCUT2D eigenvalue weighted by atomic mass is 35.5. The van der Waals surface area contributed by atoms with Crippen LogP contribution in [0.3, 0.4) is 0 Å². The van der Waals surface area contributed by atoms with Crippen molar-refractivity contribution in [1.29, 1.82) is 0 Å². The minimum absolute atomic E-state index is 0. The lowest BCUT2D eigenvalue weighted by Gasteiger charge is -2.35. The van der Waals surface area contributed by atoms with Crippen LogP contribution in [0.1, 0.15) is 24.4 Å². The van der Waals surface area contributed by atoms with Crippen molar-refractivity contribution in [2.24, 2.45) is 0 Å². The van der Waals surface area contributed by atoms with Crippen LogP contribution in [0, 0.1) is 5.82 Å². The van der Waals surface area contributed by atoms with Crippen molar-refractivity contribution < 1.29 is 4.39 Å². The maximum atomic E-state index is 14.0. The van der Waals surface area contributed by atoms with Crippen LogP contribution < -0.4 is 5.32 Å². The molecular formula is C15H23Cl2FN2. The van der Waals surface area contributed by atoms with E-state index in [2.05, 4.69) is 16.8 Å². The summed E-state index contributed by atoms with van der Waals surface area (Å²) in [6.07, 6.45) is 3.77. The van der Waals surface area contributed by atoms with Gasteiger partial charge in [0.05, 0.1) is 0 Å². The highest BCUT2D eigenvalue weighted by Crippen LogP contribution is 2.28. The van der Waals surface area contributed by atoms with Gasteiger partial charge in [0.2, 0.25) is 0 Å². The fraction of sp³-hybridized carbons (Fsp3) is 0.467. The lowest BCUT2D eigenvalue weighted by molar-refractivity contribution is 0.163. The maximum Gasteiger partial charge on any atom is 0.127 e. The second-order valence-corrected chi connectivity index (χ2v) is 4.69. The molecule has 1 heterocycles. The zero-order valence-electron chi connectivity index (χ0n) is 11.6. The first-order valence-electron chi connectivity index (χ1n) is 6.63. The number of halogens is 3. The molecule has 114 valence electrons. The third-order valence-corrected chi connectivity index (χ3v) is 3.50. The Bertz CT molecular complexity index is 395. The van der Waals surface area contributed by atoms with Gasteiger partial charge < -0.3 is 5.32 Å². The van der Waals surface area contributed by atoms with Gasteiger partial charge in [-0.05, 0) is 18.9 Å². The molecule has 0 saturated carbocycles. The summed E-state index contributed by atoms with van der Waals surface area (Å²) in [5.41, 5.74) is 0.821. The lowest BCUT2D eigenvalue weighted by Crippen LogP contribution is -2.45. The van der Waals surface area contributed by atoms with Crippen LogP contribution in [-0.2, 0) is 0 Å². The molecule has 1 aliphatic heterocycles. The molecule has 1 aromatic rings. The predicted octanol–water partition coefficient (Wildman–Crippen LogP) is 3.58. The molecule has 1 N–H and O–H groups in total. The zero-order chi connectivity index (χ0) is 12.8. The van der Waals surface area contributed by atoms with Crippen molar-refractivity contribution in [1.82, 2.24) is 10.2 Å². The van der Waals surface area contributed by atoms with Crippen molar-refractivity contribution in [2.45, 2.75) is 18.9 Å². The summed E-state index contributed by atoms with van der Waals surface area (Å²) in [6.45, 7) is 7.70. The summed E-state index contributed by atoms with van der Waals surface area (Å²) in [5.74, 6) is -0.0925. The van der Waals surface area contributed by atoms with Gasteiger partial charge in [0, 0.05) is 37.8 Å². The van der Waals surface area contributed by atoms with Gasteiger partial charge in [0.15, 0.2) is 0 Å². The van der Waals surface area contributed by atoms with Gasteiger partial charge in [-0.3, -0.25) is 4.90 Å². The molecule has 1 saturated heterocycles. The molecule has 0 aliphatic carbocycles. The third kappa shape index (κ3) is 5.06. The number of allylic oxidation sites excluding steroid dienone is 1. The van der Waals surface area contributed by atoms with Crippen molar-refractivity contribution in [3.8, 4) is 0 Å². The SMILES string of the molecule is C=CCC[C@H](c1ccccc1F)N1CCNCC1.Cl.Cl. The minimum atomic E-state index is -0.0925. The maximum absolute atomic E-state index is 14.0. The van der Waals surface area contributed by atoms with Gasteiger partial charge in [-0.1, -0.05) is 24.3 Å². The molecule has 1 aliphatic rings. The molecule has 0 unspecified atom stereocenters. The van der Waals surface area contributed by atoms with Gasteiger partial charge in [-0.25, -0.2) is 4.39 Å². The van der Waals surface area contributed by atoms with Gasteiger partial charge in [-0.2, -0.15) is 0 Å². The van der Waals surface area contributed by atoms with Crippen LogP contribution in [0.4, 0.5) is 4.39 Å². The highest BCUT2D eigenvalue weighted by Gasteiger charge is 2.23. The fourth-order valence-corrected chi connectivity index (χ4v) is 2.55. The van der Waals surface area contributed by atoms with E-state index >= 15 is 0 Å². The topological polar surface area (TPSA) is 15.3 Å². The zero-order valence-corrected chi connectivity index (χ0v) is 13.2. The van der Waals surface area contributed by atoms with Gasteiger partial charge in [0.1, 0.15) is 5.82 Å². The molecule has 0 spiro atoms. The van der Waals surface area contributed by atoms with E-state index in [4.69, 9.17) is 0 Å². The Morgan fingerprint density at radius 2 is 1.90 bits per heavy atom. The van der Waals surface area contributed by atoms with Crippen LogP contribution in [0.5, 0.6) is 0 Å². The molecule has 1 fully saturated rings. The Hall–Kier alpha value is -0.610. The molecule has 1 atom stereocenters. The summed E-state index contributed by atoms with van der Waals surface area (Å²) in [7, 11) is 0. The molecule has 1 aromatic carbocycles. The molecule has 2 rings (SSSR count). The number of nitrogens with one attached hydrogen (secondary N) is 1. The Morgan fingerprint density at radius 3 is 2.50 bits per heavy atom. The van der Waals surface area contributed by atoms with E-state index in [9.17, 15) is 4.39 Å². The lowest BCUT2D eigenvalue weighted by atomic mass is 9.99. The highest BCUT2D eigenvalue weighted by molar-refractivity contribution is 5.85. The molecule has 0 aromatic heterocycles. The number of hydrogen-bond donors (Lipinski definition) is 1. The quantitative estimate of drug-likeness (QED) is 0.834. The molecule has 5 heteroatoms. The van der Waals surface area contributed by atoms with Crippen LogP contribution in [0.15, 0.2) is 36.9 Å². The van der Waals surface area contributed by atoms with Crippen LogP contribution in [0.2, 0.25) is 0 Å². The number of benzene rings is 1. The summed E-state index contributed by atoms with van der Waals surface area (Å²) in [4.78, 5) is 2.37. The number of piperazine rings is 1. The van der Waals surface area contributed by atoms with Crippen molar-refractivity contribution in [2.75, 3.05) is 26.2 Å². The number of nitrogens with zero attached hydrogens (tertiary/aromatic N) is 1. The Kier molecular flexibility index (Phi) is 9.86. The molecule has 0 radical (unpaired) electrons. The average molecular weight is 321 g/mol. The summed E-state index contributed by atoms with van der Waals surface area (Å²) >= 11 is 0. The van der Waals surface area contributed by atoms with E-state index in [-0.39, 0.29) is 36.7 Å². The average Bonchev–Trinajstić information content (AvgIpc) is 2.42. The Labute approximate surface area is 133 Å². The Morgan fingerprint density at radius 1 is 1.25 bits per heavy atom. The molecule has 20 heavy (non-hydrogen) atoms. The van der Waals surface area contributed by atoms with E-state index in [1.54, 1.807) is 12.1 Å². The summed E-state index contributed by atoms with van der Waals surface area (Å²) in [6, 6.07) is 7.30. The first-order chi connectivity index (χ1) is 8.83. The Balaban J connectivity index is 0.00000180.